The number of epoxide rings is 1. The Morgan fingerprint density at radius 3 is 2.57 bits per heavy atom. The van der Waals surface area contributed by atoms with Crippen molar-refractivity contribution in [1.82, 2.24) is 10.4 Å². The van der Waals surface area contributed by atoms with Crippen LogP contribution in [-0.2, 0) is 14.3 Å². The van der Waals surface area contributed by atoms with Crippen LogP contribution >= 0.6 is 0 Å². The fourth-order valence-corrected chi connectivity index (χ4v) is 4.15. The number of nitrogens with one attached hydrogen (secondary N) is 1. The van der Waals surface area contributed by atoms with Crippen molar-refractivity contribution in [2.24, 2.45) is 17.8 Å². The van der Waals surface area contributed by atoms with Crippen molar-refractivity contribution in [3.05, 3.63) is 0 Å². The average molecular weight is 326 g/mol. The molecule has 0 spiro atoms. The van der Waals surface area contributed by atoms with Crippen molar-refractivity contribution < 1.29 is 19.1 Å². The first kappa shape index (κ1) is 17.0. The van der Waals surface area contributed by atoms with Gasteiger partial charge in [-0.15, -0.1) is 0 Å². The molecule has 1 saturated heterocycles. The number of amides is 1. The van der Waals surface area contributed by atoms with Crippen LogP contribution in [0, 0.1) is 17.8 Å². The molecule has 6 heteroatoms. The minimum Gasteiger partial charge on any atom is -0.444 e. The van der Waals surface area contributed by atoms with Crippen LogP contribution < -0.4 is 5.32 Å². The zero-order chi connectivity index (χ0) is 16.8. The standard InChI is InChI=1S/C17H30N2O4/c1-17(2,3)23-16(20)18-13(14-15(22-14)19(4)21-5)9-12-10-7-6-8-11(10)12/h10-15H,6-9H2,1-5H3,(H,18,20)/t10-,11+,12?,13-,14?,15?/m0/s1. The molecular weight excluding hydrogens is 296 g/mol. The Balaban J connectivity index is 1.57. The highest BCUT2D eigenvalue weighted by atomic mass is 16.7. The Morgan fingerprint density at radius 2 is 2.00 bits per heavy atom. The maximum atomic E-state index is 12.2. The minimum absolute atomic E-state index is 0.0111. The molecule has 3 unspecified atom stereocenters. The molecular formula is C17H30N2O4. The van der Waals surface area contributed by atoms with Gasteiger partial charge in [-0.25, -0.2) is 4.79 Å². The molecule has 1 amide bonds. The molecule has 0 aromatic rings. The lowest BCUT2D eigenvalue weighted by Crippen LogP contribution is -2.44. The predicted molar refractivity (Wildman–Crippen MR) is 85.5 cm³/mol. The summed E-state index contributed by atoms with van der Waals surface area (Å²) in [6.45, 7) is 5.63. The van der Waals surface area contributed by atoms with E-state index >= 15 is 0 Å². The highest BCUT2D eigenvalue weighted by Crippen LogP contribution is 2.59. The summed E-state index contributed by atoms with van der Waals surface area (Å²) < 4.78 is 11.2. The zero-order valence-electron chi connectivity index (χ0n) is 14.9. The molecule has 1 N–H and O–H groups in total. The number of rotatable bonds is 6. The van der Waals surface area contributed by atoms with Crippen molar-refractivity contribution in [3.63, 3.8) is 0 Å². The lowest BCUT2D eigenvalue weighted by Gasteiger charge is -2.23. The highest BCUT2D eigenvalue weighted by Gasteiger charge is 2.56. The fourth-order valence-electron chi connectivity index (χ4n) is 4.15. The van der Waals surface area contributed by atoms with Gasteiger partial charge in [-0.1, -0.05) is 6.42 Å². The number of hydroxylamine groups is 2. The van der Waals surface area contributed by atoms with Crippen molar-refractivity contribution in [2.75, 3.05) is 14.2 Å². The van der Waals surface area contributed by atoms with E-state index in [1.54, 1.807) is 12.2 Å². The fraction of sp³-hybridized carbons (Fsp3) is 0.941. The van der Waals surface area contributed by atoms with Gasteiger partial charge in [0.1, 0.15) is 11.7 Å². The van der Waals surface area contributed by atoms with E-state index in [0.29, 0.717) is 0 Å². The smallest absolute Gasteiger partial charge is 0.407 e. The van der Waals surface area contributed by atoms with Crippen LogP contribution in [0.15, 0.2) is 0 Å². The summed E-state index contributed by atoms with van der Waals surface area (Å²) in [5.74, 6) is 2.48. The maximum Gasteiger partial charge on any atom is 0.407 e. The third kappa shape index (κ3) is 3.98. The molecule has 6 atom stereocenters. The Kier molecular flexibility index (Phi) is 4.60. The van der Waals surface area contributed by atoms with Crippen LogP contribution in [0.4, 0.5) is 4.79 Å². The quantitative estimate of drug-likeness (QED) is 0.600. The molecule has 0 radical (unpaired) electrons. The molecule has 1 heterocycles. The van der Waals surface area contributed by atoms with Gasteiger partial charge in [-0.2, -0.15) is 5.06 Å². The van der Waals surface area contributed by atoms with Gasteiger partial charge in [-0.05, 0) is 57.8 Å². The van der Waals surface area contributed by atoms with E-state index in [4.69, 9.17) is 14.3 Å². The number of fused-ring (bicyclic) bond motifs is 1. The van der Waals surface area contributed by atoms with Crippen LogP contribution in [0.1, 0.15) is 46.5 Å². The number of carbonyl (C=O) groups excluding carboxylic acids is 1. The Bertz CT molecular complexity index is 440. The second-order valence-corrected chi connectivity index (χ2v) is 8.13. The topological polar surface area (TPSA) is 63.3 Å². The van der Waals surface area contributed by atoms with Gasteiger partial charge >= 0.3 is 6.09 Å². The molecule has 3 rings (SSSR count). The van der Waals surface area contributed by atoms with E-state index in [1.807, 2.05) is 27.8 Å². The first-order valence-corrected chi connectivity index (χ1v) is 8.72. The van der Waals surface area contributed by atoms with Gasteiger partial charge in [0.05, 0.1) is 13.2 Å². The number of carbonyl (C=O) groups is 1. The first-order chi connectivity index (χ1) is 10.8. The monoisotopic (exact) mass is 326 g/mol. The predicted octanol–water partition coefficient (Wildman–Crippen LogP) is 2.53. The molecule has 132 valence electrons. The van der Waals surface area contributed by atoms with Crippen LogP contribution in [0.5, 0.6) is 0 Å². The van der Waals surface area contributed by atoms with Gasteiger partial charge < -0.3 is 14.8 Å². The van der Waals surface area contributed by atoms with E-state index < -0.39 is 5.60 Å². The largest absolute Gasteiger partial charge is 0.444 e. The van der Waals surface area contributed by atoms with Gasteiger partial charge in [-0.3, -0.25) is 4.84 Å². The molecule has 23 heavy (non-hydrogen) atoms. The van der Waals surface area contributed by atoms with E-state index in [1.165, 1.54) is 19.3 Å². The summed E-state index contributed by atoms with van der Waals surface area (Å²) in [6, 6.07) is -0.0111. The van der Waals surface area contributed by atoms with Crippen molar-refractivity contribution in [1.29, 1.82) is 0 Å². The van der Waals surface area contributed by atoms with Gasteiger partial charge in [0, 0.05) is 7.05 Å². The number of nitrogens with zero attached hydrogens (tertiary/aromatic N) is 1. The molecule has 0 aromatic carbocycles. The molecule has 0 bridgehead atoms. The maximum absolute atomic E-state index is 12.2. The summed E-state index contributed by atoms with van der Waals surface area (Å²) in [4.78, 5) is 17.4. The normalized spacial score (nSPS) is 36.5. The van der Waals surface area contributed by atoms with Crippen LogP contribution in [-0.4, -0.2) is 49.3 Å². The highest BCUT2D eigenvalue weighted by molar-refractivity contribution is 5.68. The van der Waals surface area contributed by atoms with Crippen molar-refractivity contribution >= 4 is 6.09 Å². The Morgan fingerprint density at radius 1 is 1.35 bits per heavy atom. The van der Waals surface area contributed by atoms with Gasteiger partial charge in [0.2, 0.25) is 0 Å². The second kappa shape index (κ2) is 6.22. The second-order valence-electron chi connectivity index (χ2n) is 8.13. The first-order valence-electron chi connectivity index (χ1n) is 8.72. The molecule has 3 fully saturated rings. The summed E-state index contributed by atoms with van der Waals surface area (Å²) in [5.41, 5.74) is -0.488. The van der Waals surface area contributed by atoms with Crippen molar-refractivity contribution in [3.8, 4) is 0 Å². The Labute approximate surface area is 138 Å². The SMILES string of the molecule is CON(C)C1OC1[C@H](CC1[C@H]2CCC[C@@H]12)NC(=O)OC(C)(C)C. The van der Waals surface area contributed by atoms with Crippen LogP contribution in [0.25, 0.3) is 0 Å². The number of ether oxygens (including phenoxy) is 2. The average Bonchev–Trinajstić information content (AvgIpc) is 3.31. The lowest BCUT2D eigenvalue weighted by molar-refractivity contribution is -0.138. The molecule has 1 aliphatic heterocycles. The van der Waals surface area contributed by atoms with Gasteiger partial charge in [0.15, 0.2) is 6.23 Å². The third-order valence-corrected chi connectivity index (χ3v) is 5.36. The molecule has 0 aromatic heterocycles. The summed E-state index contributed by atoms with van der Waals surface area (Å²) in [5, 5.41) is 4.73. The van der Waals surface area contributed by atoms with E-state index in [0.717, 1.165) is 24.2 Å². The number of likely N-dealkylation sites (N-methyl/N-ethyl adjacent to an activating group) is 1. The van der Waals surface area contributed by atoms with E-state index in [-0.39, 0.29) is 24.5 Å². The molecule has 6 nitrogen and oxygen atoms in total. The summed E-state index contributed by atoms with van der Waals surface area (Å²) >= 11 is 0. The van der Waals surface area contributed by atoms with Crippen LogP contribution in [0.3, 0.4) is 0 Å². The molecule has 2 aliphatic carbocycles. The van der Waals surface area contributed by atoms with E-state index in [9.17, 15) is 4.79 Å². The number of alkyl carbamates (subject to hydrolysis) is 1. The summed E-state index contributed by atoms with van der Waals surface area (Å²) in [7, 11) is 3.47. The summed E-state index contributed by atoms with van der Waals surface area (Å²) in [6.07, 6.45) is 4.58. The lowest BCUT2D eigenvalue weighted by atomic mass is 10.0. The minimum atomic E-state index is -0.488. The molecule has 2 saturated carbocycles. The number of hydrogen-bond donors (Lipinski definition) is 1. The number of hydrogen-bond acceptors (Lipinski definition) is 5. The zero-order valence-corrected chi connectivity index (χ0v) is 14.9. The van der Waals surface area contributed by atoms with Gasteiger partial charge in [0.25, 0.3) is 0 Å². The van der Waals surface area contributed by atoms with E-state index in [2.05, 4.69) is 5.32 Å². The third-order valence-electron chi connectivity index (χ3n) is 5.36. The Hall–Kier alpha value is -0.850. The van der Waals surface area contributed by atoms with Crippen LogP contribution in [0.2, 0.25) is 0 Å². The van der Waals surface area contributed by atoms with Crippen molar-refractivity contribution in [2.45, 2.75) is 70.4 Å². The molecule has 3 aliphatic rings.